The van der Waals surface area contributed by atoms with Gasteiger partial charge >= 0.3 is 0 Å². The van der Waals surface area contributed by atoms with E-state index in [9.17, 15) is 0 Å². The van der Waals surface area contributed by atoms with Crippen molar-refractivity contribution in [2.24, 2.45) is 0 Å². The molecule has 0 bridgehead atoms. The van der Waals surface area contributed by atoms with E-state index >= 15 is 0 Å². The summed E-state index contributed by atoms with van der Waals surface area (Å²) in [5, 5.41) is 0. The molecule has 0 spiro atoms. The Morgan fingerprint density at radius 1 is 0.800 bits per heavy atom. The van der Waals surface area contributed by atoms with Crippen molar-refractivity contribution in [2.45, 2.75) is 46.1 Å². The van der Waals surface area contributed by atoms with Crippen molar-refractivity contribution in [3.05, 3.63) is 65.2 Å². The van der Waals surface area contributed by atoms with Gasteiger partial charge in [0, 0.05) is 0 Å². The minimum atomic E-state index is 0.526. The Morgan fingerprint density at radius 2 is 1.45 bits per heavy atom. The number of hydrogen-bond acceptors (Lipinski definition) is 1. The summed E-state index contributed by atoms with van der Waals surface area (Å²) >= 11 is 0. The normalized spacial score (nSPS) is 11.1. The van der Waals surface area contributed by atoms with Crippen LogP contribution < -0.4 is 4.74 Å². The lowest BCUT2D eigenvalue weighted by Gasteiger charge is -2.14. The molecule has 2 rings (SSSR count). The van der Waals surface area contributed by atoms with Crippen molar-refractivity contribution in [1.29, 1.82) is 0 Å². The first kappa shape index (κ1) is 14.6. The van der Waals surface area contributed by atoms with Gasteiger partial charge in [0.1, 0.15) is 12.4 Å². The zero-order valence-corrected chi connectivity index (χ0v) is 12.9. The monoisotopic (exact) mass is 268 g/mol. The summed E-state index contributed by atoms with van der Waals surface area (Å²) in [4.78, 5) is 0. The molecule has 0 heterocycles. The lowest BCUT2D eigenvalue weighted by atomic mass is 9.98. The van der Waals surface area contributed by atoms with Crippen LogP contribution in [-0.4, -0.2) is 0 Å². The first-order valence-corrected chi connectivity index (χ1v) is 7.38. The predicted molar refractivity (Wildman–Crippen MR) is 85.4 cm³/mol. The smallest absolute Gasteiger partial charge is 0.119 e. The Bertz CT molecular complexity index is 538. The van der Waals surface area contributed by atoms with Gasteiger partial charge in [-0.1, -0.05) is 64.1 Å². The van der Waals surface area contributed by atoms with Crippen molar-refractivity contribution in [1.82, 2.24) is 0 Å². The predicted octanol–water partition coefficient (Wildman–Crippen LogP) is 5.51. The Labute approximate surface area is 122 Å². The van der Waals surface area contributed by atoms with E-state index in [2.05, 4.69) is 76.2 Å². The van der Waals surface area contributed by atoms with Gasteiger partial charge in [0.2, 0.25) is 0 Å². The minimum Gasteiger partial charge on any atom is -0.489 e. The molecular formula is C19H24O. The molecule has 0 N–H and O–H groups in total. The Hall–Kier alpha value is -1.76. The van der Waals surface area contributed by atoms with Gasteiger partial charge in [0.05, 0.1) is 0 Å². The van der Waals surface area contributed by atoms with Gasteiger partial charge in [-0.3, -0.25) is 0 Å². The molecule has 20 heavy (non-hydrogen) atoms. The fraction of sp³-hybridized carbons (Fsp3) is 0.368. The summed E-state index contributed by atoms with van der Waals surface area (Å²) in [6, 6.07) is 16.9. The molecule has 0 fully saturated rings. The lowest BCUT2D eigenvalue weighted by Crippen LogP contribution is -2.01. The summed E-state index contributed by atoms with van der Waals surface area (Å²) < 4.78 is 5.92. The molecule has 0 radical (unpaired) electrons. The molecule has 0 unspecified atom stereocenters. The molecule has 2 aromatic rings. The van der Waals surface area contributed by atoms with E-state index in [-0.39, 0.29) is 0 Å². The summed E-state index contributed by atoms with van der Waals surface area (Å²) in [6.07, 6.45) is 0. The molecule has 0 aliphatic rings. The second-order valence-electron chi connectivity index (χ2n) is 5.87. The van der Waals surface area contributed by atoms with Crippen molar-refractivity contribution < 1.29 is 4.74 Å². The first-order valence-electron chi connectivity index (χ1n) is 7.38. The summed E-state index contributed by atoms with van der Waals surface area (Å²) in [7, 11) is 0. The van der Waals surface area contributed by atoms with Crippen LogP contribution >= 0.6 is 0 Å². The lowest BCUT2D eigenvalue weighted by molar-refractivity contribution is 0.304. The van der Waals surface area contributed by atoms with Crippen molar-refractivity contribution >= 4 is 0 Å². The van der Waals surface area contributed by atoms with Crippen LogP contribution in [0.2, 0.25) is 0 Å². The SMILES string of the molecule is CC(C)c1ccc(OCc2ccccc2C(C)C)cc1. The maximum Gasteiger partial charge on any atom is 0.119 e. The Balaban J connectivity index is 2.05. The minimum absolute atomic E-state index is 0.526. The van der Waals surface area contributed by atoms with E-state index in [4.69, 9.17) is 4.74 Å². The summed E-state index contributed by atoms with van der Waals surface area (Å²) in [5.74, 6) is 2.02. The van der Waals surface area contributed by atoms with E-state index in [1.54, 1.807) is 0 Å². The van der Waals surface area contributed by atoms with E-state index in [0.29, 0.717) is 18.4 Å². The van der Waals surface area contributed by atoms with Crippen LogP contribution in [0.25, 0.3) is 0 Å². The molecular weight excluding hydrogens is 244 g/mol. The third kappa shape index (κ3) is 3.63. The maximum atomic E-state index is 5.92. The zero-order chi connectivity index (χ0) is 14.5. The number of rotatable bonds is 5. The van der Waals surface area contributed by atoms with E-state index < -0.39 is 0 Å². The average Bonchev–Trinajstić information content (AvgIpc) is 2.45. The topological polar surface area (TPSA) is 9.23 Å². The molecule has 0 aliphatic carbocycles. The quantitative estimate of drug-likeness (QED) is 0.694. The van der Waals surface area contributed by atoms with Gasteiger partial charge in [-0.2, -0.15) is 0 Å². The van der Waals surface area contributed by atoms with Gasteiger partial charge in [-0.25, -0.2) is 0 Å². The largest absolute Gasteiger partial charge is 0.489 e. The summed E-state index contributed by atoms with van der Waals surface area (Å²) in [6.45, 7) is 9.48. The van der Waals surface area contributed by atoms with E-state index in [1.807, 2.05) is 0 Å². The van der Waals surface area contributed by atoms with Crippen molar-refractivity contribution in [3.63, 3.8) is 0 Å². The summed E-state index contributed by atoms with van der Waals surface area (Å²) in [5.41, 5.74) is 3.99. The third-order valence-electron chi connectivity index (χ3n) is 3.62. The second-order valence-corrected chi connectivity index (χ2v) is 5.87. The molecule has 2 aromatic carbocycles. The molecule has 106 valence electrons. The molecule has 0 amide bonds. The molecule has 0 saturated heterocycles. The van der Waals surface area contributed by atoms with Gasteiger partial charge in [0.25, 0.3) is 0 Å². The fourth-order valence-electron chi connectivity index (χ4n) is 2.34. The Kier molecular flexibility index (Phi) is 4.84. The van der Waals surface area contributed by atoms with Crippen LogP contribution in [0.5, 0.6) is 5.75 Å². The van der Waals surface area contributed by atoms with Crippen LogP contribution in [0, 0.1) is 0 Å². The molecule has 1 heteroatoms. The first-order chi connectivity index (χ1) is 9.58. The van der Waals surface area contributed by atoms with Crippen molar-refractivity contribution in [3.8, 4) is 5.75 Å². The highest BCUT2D eigenvalue weighted by molar-refractivity contribution is 5.32. The van der Waals surface area contributed by atoms with E-state index in [0.717, 1.165) is 5.75 Å². The van der Waals surface area contributed by atoms with Crippen LogP contribution in [0.15, 0.2) is 48.5 Å². The number of hydrogen-bond donors (Lipinski definition) is 0. The van der Waals surface area contributed by atoms with Crippen molar-refractivity contribution in [2.75, 3.05) is 0 Å². The highest BCUT2D eigenvalue weighted by atomic mass is 16.5. The molecule has 1 nitrogen and oxygen atoms in total. The standard InChI is InChI=1S/C19H24O/c1-14(2)16-9-11-18(12-10-16)20-13-17-7-5-6-8-19(17)15(3)4/h5-12,14-15H,13H2,1-4H3. The average molecular weight is 268 g/mol. The van der Waals surface area contributed by atoms with Crippen LogP contribution in [0.1, 0.15) is 56.2 Å². The molecule has 0 atom stereocenters. The Morgan fingerprint density at radius 3 is 2.05 bits per heavy atom. The van der Waals surface area contributed by atoms with Crippen LogP contribution in [0.3, 0.4) is 0 Å². The van der Waals surface area contributed by atoms with Gasteiger partial charge < -0.3 is 4.74 Å². The van der Waals surface area contributed by atoms with Gasteiger partial charge in [-0.05, 0) is 40.7 Å². The molecule has 0 aliphatic heterocycles. The van der Waals surface area contributed by atoms with Crippen LogP contribution in [-0.2, 0) is 6.61 Å². The van der Waals surface area contributed by atoms with E-state index in [1.165, 1.54) is 16.7 Å². The number of ether oxygens (including phenoxy) is 1. The van der Waals surface area contributed by atoms with Gasteiger partial charge in [-0.15, -0.1) is 0 Å². The van der Waals surface area contributed by atoms with Crippen LogP contribution in [0.4, 0.5) is 0 Å². The number of benzene rings is 2. The highest BCUT2D eigenvalue weighted by Crippen LogP contribution is 2.22. The third-order valence-corrected chi connectivity index (χ3v) is 3.62. The fourth-order valence-corrected chi connectivity index (χ4v) is 2.34. The molecule has 0 aromatic heterocycles. The second kappa shape index (κ2) is 6.60. The van der Waals surface area contributed by atoms with Gasteiger partial charge in [0.15, 0.2) is 0 Å². The maximum absolute atomic E-state index is 5.92. The zero-order valence-electron chi connectivity index (χ0n) is 12.9. The highest BCUT2D eigenvalue weighted by Gasteiger charge is 2.06. The molecule has 0 saturated carbocycles.